The first-order valence-electron chi connectivity index (χ1n) is 9.50. The van der Waals surface area contributed by atoms with Crippen molar-refractivity contribution in [3.8, 4) is 0 Å². The van der Waals surface area contributed by atoms with E-state index in [0.717, 1.165) is 16.9 Å². The zero-order valence-electron chi connectivity index (χ0n) is 16.2. The first-order chi connectivity index (χ1) is 14.0. The summed E-state index contributed by atoms with van der Waals surface area (Å²) in [5.41, 5.74) is 1.56. The van der Waals surface area contributed by atoms with Crippen molar-refractivity contribution in [2.45, 2.75) is 26.0 Å². The third-order valence-electron chi connectivity index (χ3n) is 4.87. The minimum Gasteiger partial charge on any atom is -0.373 e. The number of anilines is 1. The Morgan fingerprint density at radius 3 is 2.93 bits per heavy atom. The maximum atomic E-state index is 12.7. The molecule has 0 radical (unpaired) electrons. The smallest absolute Gasteiger partial charge is 0.261 e. The molecule has 3 aromatic rings. The molecule has 8 nitrogen and oxygen atoms in total. The predicted molar refractivity (Wildman–Crippen MR) is 113 cm³/mol. The van der Waals surface area contributed by atoms with E-state index in [1.807, 2.05) is 32.0 Å². The highest BCUT2D eigenvalue weighted by Gasteiger charge is 2.24. The number of aromatic amines is 1. The van der Waals surface area contributed by atoms with Crippen LogP contribution in [0.4, 0.5) is 5.82 Å². The second-order valence-electron chi connectivity index (χ2n) is 7.12. The number of aryl methyl sites for hydroxylation is 1. The van der Waals surface area contributed by atoms with Gasteiger partial charge < -0.3 is 20.7 Å². The van der Waals surface area contributed by atoms with E-state index in [9.17, 15) is 9.59 Å². The minimum absolute atomic E-state index is 0.0524. The number of aromatic nitrogens is 2. The summed E-state index contributed by atoms with van der Waals surface area (Å²) in [5, 5.41) is 16.8. The molecule has 0 aliphatic carbocycles. The van der Waals surface area contributed by atoms with Crippen molar-refractivity contribution in [2.75, 3.05) is 25.0 Å². The number of hydrogen-bond acceptors (Lipinski definition) is 6. The summed E-state index contributed by atoms with van der Waals surface area (Å²) in [7, 11) is 0. The third-order valence-corrected chi connectivity index (χ3v) is 5.90. The van der Waals surface area contributed by atoms with Crippen LogP contribution in [0.25, 0.3) is 10.2 Å². The Balaban J connectivity index is 1.46. The van der Waals surface area contributed by atoms with Gasteiger partial charge in [0.1, 0.15) is 4.83 Å². The van der Waals surface area contributed by atoms with Crippen LogP contribution in [-0.4, -0.2) is 53.9 Å². The second-order valence-corrected chi connectivity index (χ2v) is 8.18. The summed E-state index contributed by atoms with van der Waals surface area (Å²) in [6, 6.07) is 8.97. The molecule has 1 aromatic carbocycles. The Morgan fingerprint density at radius 2 is 2.17 bits per heavy atom. The number of thiophene rings is 1. The molecule has 4 rings (SSSR count). The molecule has 1 aliphatic heterocycles. The number of rotatable bonds is 5. The molecule has 3 heterocycles. The molecule has 0 spiro atoms. The Morgan fingerprint density at radius 1 is 1.31 bits per heavy atom. The molecule has 2 amide bonds. The van der Waals surface area contributed by atoms with Gasteiger partial charge in [-0.25, -0.2) is 0 Å². The van der Waals surface area contributed by atoms with E-state index in [0.29, 0.717) is 34.8 Å². The highest BCUT2D eigenvalue weighted by atomic mass is 32.1. The topological polar surface area (TPSA) is 108 Å². The van der Waals surface area contributed by atoms with Gasteiger partial charge >= 0.3 is 0 Å². The van der Waals surface area contributed by atoms with Crippen LogP contribution in [0.1, 0.15) is 32.5 Å². The number of nitrogens with zero attached hydrogens (tertiary/aromatic N) is 1. The fraction of sp³-hybridized carbons (Fsp3) is 0.350. The second kappa shape index (κ2) is 8.32. The summed E-state index contributed by atoms with van der Waals surface area (Å²) in [5.74, 6) is 0.00164. The highest BCUT2D eigenvalue weighted by Crippen LogP contribution is 2.29. The van der Waals surface area contributed by atoms with E-state index in [1.165, 1.54) is 11.3 Å². The van der Waals surface area contributed by atoms with Crippen molar-refractivity contribution in [1.29, 1.82) is 0 Å². The van der Waals surface area contributed by atoms with Crippen molar-refractivity contribution in [3.05, 3.63) is 46.3 Å². The first kappa shape index (κ1) is 19.6. The summed E-state index contributed by atoms with van der Waals surface area (Å²) in [6.45, 7) is 6.05. The van der Waals surface area contributed by atoms with Crippen molar-refractivity contribution < 1.29 is 14.3 Å². The monoisotopic (exact) mass is 413 g/mol. The lowest BCUT2D eigenvalue weighted by Gasteiger charge is -2.29. The third kappa shape index (κ3) is 4.31. The lowest BCUT2D eigenvalue weighted by molar-refractivity contribution is 0.00864. The van der Waals surface area contributed by atoms with Crippen LogP contribution in [0.2, 0.25) is 0 Å². The fourth-order valence-corrected chi connectivity index (χ4v) is 4.17. The van der Waals surface area contributed by atoms with Gasteiger partial charge in [0, 0.05) is 18.7 Å². The Kier molecular flexibility index (Phi) is 5.61. The fourth-order valence-electron chi connectivity index (χ4n) is 3.27. The number of morpholine rings is 1. The number of carbonyl (C=O) groups is 2. The van der Waals surface area contributed by atoms with Crippen molar-refractivity contribution >= 4 is 39.2 Å². The molecule has 29 heavy (non-hydrogen) atoms. The molecule has 2 aromatic heterocycles. The summed E-state index contributed by atoms with van der Waals surface area (Å²) in [4.78, 5) is 26.5. The molecule has 0 saturated carbocycles. The van der Waals surface area contributed by atoms with Crippen LogP contribution < -0.4 is 16.0 Å². The molecular weight excluding hydrogens is 390 g/mol. The molecule has 0 bridgehead atoms. The molecule has 2 unspecified atom stereocenters. The maximum absolute atomic E-state index is 12.7. The van der Waals surface area contributed by atoms with Gasteiger partial charge in [-0.15, -0.1) is 11.3 Å². The van der Waals surface area contributed by atoms with Gasteiger partial charge in [-0.3, -0.25) is 14.7 Å². The molecule has 9 heteroatoms. The van der Waals surface area contributed by atoms with Crippen LogP contribution in [0.5, 0.6) is 0 Å². The van der Waals surface area contributed by atoms with E-state index < -0.39 is 0 Å². The molecule has 152 valence electrons. The number of ether oxygens (including phenoxy) is 1. The van der Waals surface area contributed by atoms with Crippen molar-refractivity contribution in [1.82, 2.24) is 20.8 Å². The van der Waals surface area contributed by atoms with Gasteiger partial charge in [-0.2, -0.15) is 5.10 Å². The minimum atomic E-state index is -0.241. The van der Waals surface area contributed by atoms with Gasteiger partial charge in [-0.05, 0) is 32.0 Å². The van der Waals surface area contributed by atoms with Crippen LogP contribution >= 0.6 is 11.3 Å². The van der Waals surface area contributed by atoms with E-state index >= 15 is 0 Å². The lowest BCUT2D eigenvalue weighted by atomic mass is 10.1. The number of fused-ring (bicyclic) bond motifs is 1. The molecular formula is C20H23N5O3S. The quantitative estimate of drug-likeness (QED) is 0.513. The van der Waals surface area contributed by atoms with E-state index in [2.05, 4.69) is 26.1 Å². The van der Waals surface area contributed by atoms with Crippen LogP contribution in [0.3, 0.4) is 0 Å². The number of benzene rings is 1. The van der Waals surface area contributed by atoms with Gasteiger partial charge in [0.2, 0.25) is 0 Å². The molecule has 2 atom stereocenters. The predicted octanol–water partition coefficient (Wildman–Crippen LogP) is 2.29. The first-order valence-corrected chi connectivity index (χ1v) is 10.3. The SMILES string of the molecule is Cc1cccc(C(=O)Nc2n[nH]c3sc(C(=O)NC(C)C4CNCCO4)cc23)c1. The summed E-state index contributed by atoms with van der Waals surface area (Å²) >= 11 is 1.30. The largest absolute Gasteiger partial charge is 0.373 e. The Labute approximate surface area is 172 Å². The molecule has 1 fully saturated rings. The number of amides is 2. The van der Waals surface area contributed by atoms with E-state index in [4.69, 9.17) is 4.74 Å². The van der Waals surface area contributed by atoms with Gasteiger partial charge in [0.05, 0.1) is 29.0 Å². The standard InChI is InChI=1S/C20H23N5O3S/c1-11-4-3-5-13(8-11)18(26)23-17-14-9-16(29-20(14)25-24-17)19(27)22-12(2)15-10-21-6-7-28-15/h3-5,8-9,12,15,21H,6-7,10H2,1-2H3,(H,22,27)(H2,23,24,25,26). The van der Waals surface area contributed by atoms with Gasteiger partial charge in [-0.1, -0.05) is 17.7 Å². The summed E-state index contributed by atoms with van der Waals surface area (Å²) < 4.78 is 5.70. The normalized spacial score (nSPS) is 17.8. The number of carbonyl (C=O) groups excluding carboxylic acids is 2. The number of nitrogens with one attached hydrogen (secondary N) is 4. The van der Waals surface area contributed by atoms with Crippen molar-refractivity contribution in [2.24, 2.45) is 0 Å². The lowest BCUT2D eigenvalue weighted by Crippen LogP contribution is -2.50. The van der Waals surface area contributed by atoms with E-state index in [1.54, 1.807) is 12.1 Å². The number of H-pyrrole nitrogens is 1. The highest BCUT2D eigenvalue weighted by molar-refractivity contribution is 7.20. The van der Waals surface area contributed by atoms with Gasteiger partial charge in [0.25, 0.3) is 11.8 Å². The Bertz CT molecular complexity index is 1040. The van der Waals surface area contributed by atoms with Crippen molar-refractivity contribution in [3.63, 3.8) is 0 Å². The molecule has 1 saturated heterocycles. The average Bonchev–Trinajstić information content (AvgIpc) is 3.30. The number of hydrogen-bond donors (Lipinski definition) is 4. The zero-order chi connectivity index (χ0) is 20.4. The zero-order valence-corrected chi connectivity index (χ0v) is 17.1. The maximum Gasteiger partial charge on any atom is 0.261 e. The van der Waals surface area contributed by atoms with Gasteiger partial charge in [0.15, 0.2) is 5.82 Å². The average molecular weight is 414 g/mol. The molecule has 1 aliphatic rings. The van der Waals surface area contributed by atoms with Crippen LogP contribution in [-0.2, 0) is 4.74 Å². The summed E-state index contributed by atoms with van der Waals surface area (Å²) in [6.07, 6.45) is -0.0524. The molecule has 4 N–H and O–H groups in total. The van der Waals surface area contributed by atoms with Crippen LogP contribution in [0.15, 0.2) is 30.3 Å². The van der Waals surface area contributed by atoms with Crippen LogP contribution in [0, 0.1) is 6.92 Å². The Hall–Kier alpha value is -2.75. The van der Waals surface area contributed by atoms with E-state index in [-0.39, 0.29) is 24.0 Å².